The fraction of sp³-hybridized carbons (Fsp3) is 0.417. The molecule has 0 bridgehead atoms. The second kappa shape index (κ2) is 3.26. The van der Waals surface area contributed by atoms with Crippen molar-refractivity contribution >= 4 is 5.97 Å². The topological polar surface area (TPSA) is 38.3 Å². The summed E-state index contributed by atoms with van der Waals surface area (Å²) in [5.74, 6) is -2.15. The summed E-state index contributed by atoms with van der Waals surface area (Å²) < 4.78 is 31.0. The number of esters is 1. The number of ether oxygens (including phenoxy) is 1. The van der Waals surface area contributed by atoms with Crippen LogP contribution in [0.15, 0.2) is 12.1 Å². The van der Waals surface area contributed by atoms with Gasteiger partial charge in [-0.15, -0.1) is 0 Å². The summed E-state index contributed by atoms with van der Waals surface area (Å²) in [6.07, 6.45) is 0.581. The van der Waals surface area contributed by atoms with Crippen LogP contribution in [0.5, 0.6) is 0 Å². The smallest absolute Gasteiger partial charge is 0.326 e. The molecule has 2 aliphatic rings. The molecule has 0 spiro atoms. The zero-order chi connectivity index (χ0) is 12.2. The number of rotatable bonds is 1. The van der Waals surface area contributed by atoms with E-state index in [0.717, 1.165) is 0 Å². The molecule has 0 amide bonds. The summed E-state index contributed by atoms with van der Waals surface area (Å²) in [6.45, 7) is 0.359. The van der Waals surface area contributed by atoms with Gasteiger partial charge in [0.1, 0.15) is 5.54 Å². The molecule has 0 aromatic heterocycles. The molecule has 1 fully saturated rings. The maximum absolute atomic E-state index is 13.2. The van der Waals surface area contributed by atoms with Crippen LogP contribution in [0.3, 0.4) is 0 Å². The monoisotopic (exact) mass is 239 g/mol. The molecule has 0 saturated heterocycles. The predicted molar refractivity (Wildman–Crippen MR) is 55.3 cm³/mol. The quantitative estimate of drug-likeness (QED) is 0.754. The van der Waals surface area contributed by atoms with Gasteiger partial charge in [0.05, 0.1) is 7.11 Å². The highest BCUT2D eigenvalue weighted by atomic mass is 19.2. The fourth-order valence-electron chi connectivity index (χ4n) is 2.65. The van der Waals surface area contributed by atoms with Crippen molar-refractivity contribution in [2.24, 2.45) is 0 Å². The van der Waals surface area contributed by atoms with Crippen LogP contribution >= 0.6 is 0 Å². The number of halogens is 2. The molecule has 3 nitrogen and oxygen atoms in total. The lowest BCUT2D eigenvalue weighted by Gasteiger charge is -2.24. The third-order valence-electron chi connectivity index (χ3n) is 3.66. The van der Waals surface area contributed by atoms with Gasteiger partial charge in [0.2, 0.25) is 0 Å². The summed E-state index contributed by atoms with van der Waals surface area (Å²) in [6, 6.07) is 2.39. The van der Waals surface area contributed by atoms with E-state index in [4.69, 9.17) is 4.74 Å². The zero-order valence-electron chi connectivity index (χ0n) is 9.22. The van der Waals surface area contributed by atoms with Gasteiger partial charge < -0.3 is 4.74 Å². The van der Waals surface area contributed by atoms with Gasteiger partial charge in [0, 0.05) is 12.5 Å². The van der Waals surface area contributed by atoms with E-state index < -0.39 is 17.2 Å². The number of hydrogen-bond acceptors (Lipinski definition) is 3. The van der Waals surface area contributed by atoms with Crippen molar-refractivity contribution in [3.63, 3.8) is 0 Å². The summed E-state index contributed by atoms with van der Waals surface area (Å²) in [4.78, 5) is 11.6. The van der Waals surface area contributed by atoms with Crippen molar-refractivity contribution in [2.45, 2.75) is 24.4 Å². The van der Waals surface area contributed by atoms with Crippen molar-refractivity contribution in [1.29, 1.82) is 0 Å². The van der Waals surface area contributed by atoms with E-state index in [0.29, 0.717) is 24.1 Å². The Bertz CT molecular complexity index is 517. The van der Waals surface area contributed by atoms with Crippen LogP contribution in [0.4, 0.5) is 8.78 Å². The van der Waals surface area contributed by atoms with Gasteiger partial charge >= 0.3 is 5.97 Å². The number of benzene rings is 1. The Balaban J connectivity index is 2.02. The third-order valence-corrected chi connectivity index (χ3v) is 3.66. The van der Waals surface area contributed by atoms with E-state index in [1.807, 2.05) is 0 Å². The minimum Gasteiger partial charge on any atom is -0.468 e. The normalized spacial score (nSPS) is 29.2. The van der Waals surface area contributed by atoms with Crippen molar-refractivity contribution in [2.75, 3.05) is 7.11 Å². The number of methoxy groups -OCH3 is 1. The molecule has 2 atom stereocenters. The fourth-order valence-corrected chi connectivity index (χ4v) is 2.65. The summed E-state index contributed by atoms with van der Waals surface area (Å²) in [5, 5.41) is 3.06. The predicted octanol–water partition coefficient (Wildman–Crippen LogP) is 1.47. The highest BCUT2D eigenvalue weighted by molar-refractivity contribution is 5.87. The van der Waals surface area contributed by atoms with Crippen molar-refractivity contribution < 1.29 is 18.3 Å². The van der Waals surface area contributed by atoms with E-state index in [1.165, 1.54) is 19.2 Å². The van der Waals surface area contributed by atoms with Crippen LogP contribution in [0.2, 0.25) is 0 Å². The largest absolute Gasteiger partial charge is 0.468 e. The molecule has 2 unspecified atom stereocenters. The van der Waals surface area contributed by atoms with Crippen LogP contribution in [0.1, 0.15) is 23.5 Å². The molecule has 5 heteroatoms. The first-order valence-corrected chi connectivity index (χ1v) is 5.40. The summed E-state index contributed by atoms with van der Waals surface area (Å²) in [7, 11) is 1.33. The first-order chi connectivity index (χ1) is 8.08. The Kier molecular flexibility index (Phi) is 2.04. The second-order valence-electron chi connectivity index (χ2n) is 4.54. The Labute approximate surface area is 96.8 Å². The molecular weight excluding hydrogens is 228 g/mol. The van der Waals surface area contributed by atoms with Crippen molar-refractivity contribution in [1.82, 2.24) is 5.32 Å². The van der Waals surface area contributed by atoms with Gasteiger partial charge in [0.25, 0.3) is 0 Å². The Morgan fingerprint density at radius 2 is 2.18 bits per heavy atom. The first-order valence-electron chi connectivity index (χ1n) is 5.40. The van der Waals surface area contributed by atoms with E-state index in [-0.39, 0.29) is 11.9 Å². The first kappa shape index (κ1) is 10.7. The Morgan fingerprint density at radius 1 is 1.47 bits per heavy atom. The highest BCUT2D eigenvalue weighted by Crippen LogP contribution is 2.55. The number of hydrogen-bond donors (Lipinski definition) is 1. The standard InChI is InChI=1S/C12H11F2NO2/c1-17-11(16)12-4-8(12)7-3-10(14)9(13)2-6(7)5-15-12/h2-3,8,15H,4-5H2,1H3. The SMILES string of the molecule is COC(=O)C12CC1c1cc(F)c(F)cc1CN2. The van der Waals surface area contributed by atoms with Gasteiger partial charge in [-0.05, 0) is 29.7 Å². The maximum atomic E-state index is 13.2. The lowest BCUT2D eigenvalue weighted by Crippen LogP contribution is -2.43. The molecule has 17 heavy (non-hydrogen) atoms. The van der Waals surface area contributed by atoms with Crippen LogP contribution in [-0.4, -0.2) is 18.6 Å². The Hall–Kier alpha value is -1.49. The number of nitrogens with one attached hydrogen (secondary N) is 1. The zero-order valence-corrected chi connectivity index (χ0v) is 9.22. The minimum atomic E-state index is -0.865. The summed E-state index contributed by atoms with van der Waals surface area (Å²) in [5.41, 5.74) is 0.713. The lowest BCUT2D eigenvalue weighted by atomic mass is 9.95. The molecule has 1 aromatic carbocycles. The van der Waals surface area contributed by atoms with E-state index >= 15 is 0 Å². The molecule has 1 aromatic rings. The van der Waals surface area contributed by atoms with Gasteiger partial charge in [0.15, 0.2) is 11.6 Å². The van der Waals surface area contributed by atoms with Gasteiger partial charge in [-0.2, -0.15) is 0 Å². The third kappa shape index (κ3) is 1.32. The van der Waals surface area contributed by atoms with Crippen LogP contribution in [0.25, 0.3) is 0 Å². The van der Waals surface area contributed by atoms with E-state index in [2.05, 4.69) is 5.32 Å². The highest BCUT2D eigenvalue weighted by Gasteiger charge is 2.63. The molecule has 0 radical (unpaired) electrons. The average molecular weight is 239 g/mol. The molecule has 1 heterocycles. The van der Waals surface area contributed by atoms with Crippen molar-refractivity contribution in [3.8, 4) is 0 Å². The molecular formula is C12H11F2NO2. The van der Waals surface area contributed by atoms with E-state index in [1.54, 1.807) is 0 Å². The van der Waals surface area contributed by atoms with Gasteiger partial charge in [-0.3, -0.25) is 10.1 Å². The molecule has 3 rings (SSSR count). The van der Waals surface area contributed by atoms with E-state index in [9.17, 15) is 13.6 Å². The van der Waals surface area contributed by atoms with Crippen LogP contribution < -0.4 is 5.32 Å². The molecule has 90 valence electrons. The number of fused-ring (bicyclic) bond motifs is 3. The number of carbonyl (C=O) groups excluding carboxylic acids is 1. The van der Waals surface area contributed by atoms with Crippen LogP contribution in [-0.2, 0) is 16.1 Å². The lowest BCUT2D eigenvalue weighted by molar-refractivity contribution is -0.144. The second-order valence-corrected chi connectivity index (χ2v) is 4.54. The molecule has 1 aliphatic heterocycles. The molecule has 1 N–H and O–H groups in total. The van der Waals surface area contributed by atoms with Crippen LogP contribution in [0, 0.1) is 11.6 Å². The molecule has 1 saturated carbocycles. The van der Waals surface area contributed by atoms with Crippen molar-refractivity contribution in [3.05, 3.63) is 34.9 Å². The minimum absolute atomic E-state index is 0.103. The van der Waals surface area contributed by atoms with Gasteiger partial charge in [-0.25, -0.2) is 8.78 Å². The maximum Gasteiger partial charge on any atom is 0.326 e. The average Bonchev–Trinajstić information content (AvgIpc) is 3.06. The van der Waals surface area contributed by atoms with Gasteiger partial charge in [-0.1, -0.05) is 0 Å². The Morgan fingerprint density at radius 3 is 2.88 bits per heavy atom. The molecule has 1 aliphatic carbocycles. The number of carbonyl (C=O) groups is 1. The summed E-state index contributed by atoms with van der Waals surface area (Å²) >= 11 is 0.